The molecule has 3 aromatic carbocycles. The van der Waals surface area contributed by atoms with E-state index in [0.717, 1.165) is 6.61 Å². The van der Waals surface area contributed by atoms with Crippen LogP contribution < -0.4 is 15.6 Å². The normalized spacial score (nSPS) is 22.0. The fraction of sp³-hybridized carbons (Fsp3) is 0.333. The summed E-state index contributed by atoms with van der Waals surface area (Å²) in [6.45, 7) is 10.9. The fourth-order valence-corrected chi connectivity index (χ4v) is 16.8. The van der Waals surface area contributed by atoms with Gasteiger partial charge < -0.3 is 4.43 Å². The van der Waals surface area contributed by atoms with Crippen molar-refractivity contribution in [2.24, 2.45) is 5.92 Å². The van der Waals surface area contributed by atoms with Crippen LogP contribution in [0.25, 0.3) is 0 Å². The van der Waals surface area contributed by atoms with Crippen LogP contribution in [0.3, 0.4) is 0 Å². The highest BCUT2D eigenvalue weighted by Gasteiger charge is 2.58. The van der Waals surface area contributed by atoms with Crippen molar-refractivity contribution in [2.75, 3.05) is 6.61 Å². The quantitative estimate of drug-likeness (QED) is 0.490. The summed E-state index contributed by atoms with van der Waals surface area (Å²) in [5, 5.41) is 4.43. The molecule has 1 heterocycles. The largest absolute Gasteiger partial charge is 0.407 e. The molecule has 156 valence electrons. The Labute approximate surface area is 184 Å². The van der Waals surface area contributed by atoms with E-state index in [0.29, 0.717) is 17.0 Å². The van der Waals surface area contributed by atoms with Crippen LogP contribution in [0.2, 0.25) is 24.2 Å². The maximum atomic E-state index is 7.01. The highest BCUT2D eigenvalue weighted by atomic mass is 28.4. The molecule has 3 aromatic rings. The first-order valence-corrected chi connectivity index (χ1v) is 16.4. The summed E-state index contributed by atoms with van der Waals surface area (Å²) < 4.78 is 7.01. The molecule has 0 radical (unpaired) electrons. The molecular weight excluding hydrogens is 396 g/mol. The van der Waals surface area contributed by atoms with Gasteiger partial charge in [0.25, 0.3) is 8.32 Å². The molecule has 4 rings (SSSR count). The number of hydrogen-bond donors (Lipinski definition) is 0. The second-order valence-electron chi connectivity index (χ2n) is 9.38. The lowest BCUT2D eigenvalue weighted by Gasteiger charge is -2.44. The van der Waals surface area contributed by atoms with E-state index < -0.39 is 16.4 Å². The van der Waals surface area contributed by atoms with Crippen LogP contribution >= 0.6 is 0 Å². The minimum atomic E-state index is -2.37. The molecule has 3 heteroatoms. The van der Waals surface area contributed by atoms with Crippen molar-refractivity contribution in [2.45, 2.75) is 44.4 Å². The third-order valence-electron chi connectivity index (χ3n) is 7.38. The van der Waals surface area contributed by atoms with Crippen molar-refractivity contribution in [1.82, 2.24) is 0 Å². The van der Waals surface area contributed by atoms with Gasteiger partial charge in [-0.3, -0.25) is 0 Å². The maximum Gasteiger partial charge on any atom is 0.259 e. The van der Waals surface area contributed by atoms with Gasteiger partial charge in [0.1, 0.15) is 0 Å². The summed E-state index contributed by atoms with van der Waals surface area (Å²) in [6.07, 6.45) is 1.21. The molecule has 0 aromatic heterocycles. The summed E-state index contributed by atoms with van der Waals surface area (Å²) in [4.78, 5) is 0. The van der Waals surface area contributed by atoms with Gasteiger partial charge in [-0.05, 0) is 27.4 Å². The van der Waals surface area contributed by atoms with Crippen LogP contribution in [0.5, 0.6) is 0 Å². The molecule has 0 unspecified atom stereocenters. The Morgan fingerprint density at radius 2 is 1.30 bits per heavy atom. The van der Waals surface area contributed by atoms with E-state index >= 15 is 0 Å². The van der Waals surface area contributed by atoms with Crippen molar-refractivity contribution < 1.29 is 4.43 Å². The Morgan fingerprint density at radius 3 is 1.77 bits per heavy atom. The van der Waals surface area contributed by atoms with E-state index in [9.17, 15) is 0 Å². The molecule has 1 saturated heterocycles. The summed E-state index contributed by atoms with van der Waals surface area (Å²) >= 11 is 0. The van der Waals surface area contributed by atoms with Gasteiger partial charge in [-0.2, -0.15) is 0 Å². The lowest BCUT2D eigenvalue weighted by molar-refractivity contribution is 0.314. The van der Waals surface area contributed by atoms with Crippen LogP contribution in [0, 0.1) is 5.92 Å². The second kappa shape index (κ2) is 8.66. The van der Waals surface area contributed by atoms with Gasteiger partial charge in [0.2, 0.25) is 0 Å². The lowest BCUT2D eigenvalue weighted by Crippen LogP contribution is -2.64. The van der Waals surface area contributed by atoms with Gasteiger partial charge in [-0.1, -0.05) is 130 Å². The summed E-state index contributed by atoms with van der Waals surface area (Å²) in [6, 6.07) is 33.6. The molecule has 1 aliphatic heterocycles. The molecule has 1 nitrogen and oxygen atoms in total. The monoisotopic (exact) mass is 430 g/mol. The molecule has 1 aliphatic rings. The van der Waals surface area contributed by atoms with Crippen LogP contribution in [0.4, 0.5) is 0 Å². The van der Waals surface area contributed by atoms with Crippen molar-refractivity contribution in [3.8, 4) is 0 Å². The molecule has 0 aliphatic carbocycles. The average molecular weight is 431 g/mol. The Hall–Kier alpha value is -1.95. The molecule has 0 N–H and O–H groups in total. The summed E-state index contributed by atoms with van der Waals surface area (Å²) in [5.41, 5.74) is 1.25. The first-order valence-electron chi connectivity index (χ1n) is 11.3. The maximum absolute atomic E-state index is 7.01. The molecule has 1 fully saturated rings. The molecule has 3 atom stereocenters. The third-order valence-corrected chi connectivity index (χ3v) is 17.1. The van der Waals surface area contributed by atoms with Gasteiger partial charge in [0.15, 0.2) is 0 Å². The highest BCUT2D eigenvalue weighted by molar-refractivity contribution is 7.01. The molecule has 0 spiro atoms. The van der Waals surface area contributed by atoms with Crippen molar-refractivity contribution >= 4 is 32.0 Å². The van der Waals surface area contributed by atoms with E-state index in [1.165, 1.54) is 16.8 Å². The third kappa shape index (κ3) is 3.53. The molecule has 30 heavy (non-hydrogen) atoms. The second-order valence-corrected chi connectivity index (χ2v) is 17.7. The predicted molar refractivity (Wildman–Crippen MR) is 134 cm³/mol. The lowest BCUT2D eigenvalue weighted by atomic mass is 10.0. The van der Waals surface area contributed by atoms with Crippen LogP contribution in [0.1, 0.15) is 20.3 Å². The standard InChI is InChI=1S/C27H34OSi2/c1-5-26(29(3,4)23-15-9-6-10-16-23)27-22(2)21-28-30(27,24-17-11-7-12-18-24)25-19-13-8-14-20-25/h6-20,22,26-27H,5,21H2,1-4H3/t22-,26+,27-/m0/s1. The van der Waals surface area contributed by atoms with E-state index in [1.807, 2.05) is 0 Å². The van der Waals surface area contributed by atoms with Crippen molar-refractivity contribution in [1.29, 1.82) is 0 Å². The zero-order valence-corrected chi connectivity index (χ0v) is 20.7. The molecule has 0 amide bonds. The fourth-order valence-electron chi connectivity index (χ4n) is 5.93. The molecule has 0 saturated carbocycles. The van der Waals surface area contributed by atoms with E-state index in [-0.39, 0.29) is 0 Å². The SMILES string of the molecule is CC[C@H]([C@@H]1[C@@H](C)CO[Si]1(c1ccccc1)c1ccccc1)[Si](C)(C)c1ccccc1. The Kier molecular flexibility index (Phi) is 6.15. The van der Waals surface area contributed by atoms with Crippen LogP contribution in [-0.2, 0) is 4.43 Å². The number of rotatable bonds is 6. The minimum Gasteiger partial charge on any atom is -0.407 e. The Bertz CT molecular complexity index is 901. The highest BCUT2D eigenvalue weighted by Crippen LogP contribution is 2.51. The molecular formula is C27H34OSi2. The average Bonchev–Trinajstić information content (AvgIpc) is 3.14. The first kappa shape index (κ1) is 21.3. The van der Waals surface area contributed by atoms with Crippen LogP contribution in [0.15, 0.2) is 91.0 Å². The van der Waals surface area contributed by atoms with Crippen LogP contribution in [-0.4, -0.2) is 23.0 Å². The van der Waals surface area contributed by atoms with Gasteiger partial charge >= 0.3 is 0 Å². The van der Waals surface area contributed by atoms with E-state index in [1.54, 1.807) is 5.19 Å². The summed E-state index contributed by atoms with van der Waals surface area (Å²) in [5.74, 6) is 0.567. The van der Waals surface area contributed by atoms with Gasteiger partial charge in [0, 0.05) is 6.61 Å². The van der Waals surface area contributed by atoms with E-state index in [2.05, 4.69) is 118 Å². The van der Waals surface area contributed by atoms with E-state index in [4.69, 9.17) is 4.43 Å². The van der Waals surface area contributed by atoms with Gasteiger partial charge in [-0.15, -0.1) is 0 Å². The first-order chi connectivity index (χ1) is 14.5. The molecule has 0 bridgehead atoms. The van der Waals surface area contributed by atoms with Gasteiger partial charge in [-0.25, -0.2) is 0 Å². The zero-order chi connectivity index (χ0) is 21.2. The minimum absolute atomic E-state index is 0.567. The predicted octanol–water partition coefficient (Wildman–Crippen LogP) is 5.18. The smallest absolute Gasteiger partial charge is 0.259 e. The number of benzene rings is 3. The number of hydrogen-bond acceptors (Lipinski definition) is 1. The summed E-state index contributed by atoms with van der Waals surface area (Å²) in [7, 11) is -4.08. The Morgan fingerprint density at radius 1 is 0.833 bits per heavy atom. The zero-order valence-electron chi connectivity index (χ0n) is 18.7. The van der Waals surface area contributed by atoms with Crippen molar-refractivity contribution in [3.63, 3.8) is 0 Å². The van der Waals surface area contributed by atoms with Gasteiger partial charge in [0.05, 0.1) is 8.07 Å². The topological polar surface area (TPSA) is 9.23 Å². The Balaban J connectivity index is 1.91. The van der Waals surface area contributed by atoms with Crippen molar-refractivity contribution in [3.05, 3.63) is 91.0 Å².